The van der Waals surface area contributed by atoms with Gasteiger partial charge in [0.2, 0.25) is 0 Å². The number of carbonyl (C=O) groups excluding carboxylic acids is 1. The monoisotopic (exact) mass is 285 g/mol. The average molecular weight is 285 g/mol. The van der Waals surface area contributed by atoms with E-state index in [9.17, 15) is 4.79 Å². The lowest BCUT2D eigenvalue weighted by Gasteiger charge is -2.45. The van der Waals surface area contributed by atoms with Crippen molar-refractivity contribution in [1.29, 1.82) is 0 Å². The molecule has 3 nitrogen and oxygen atoms in total. The number of ketones is 1. The standard InChI is InChI=1S/C18H23NO2/c20-17-5-1-4-16-15(17)3-2-6-18(16)21-12-14-11-13-7-9-19(14)10-8-13/h2-3,6,13-14H,1,4-5,7-12H2. The second-order valence-corrected chi connectivity index (χ2v) is 6.74. The highest BCUT2D eigenvalue weighted by Gasteiger charge is 2.34. The van der Waals surface area contributed by atoms with E-state index in [2.05, 4.69) is 4.90 Å². The molecule has 3 aliphatic heterocycles. The highest BCUT2D eigenvalue weighted by Crippen LogP contribution is 2.33. The summed E-state index contributed by atoms with van der Waals surface area (Å²) < 4.78 is 6.15. The predicted molar refractivity (Wildman–Crippen MR) is 81.9 cm³/mol. The van der Waals surface area contributed by atoms with Crippen LogP contribution in [-0.4, -0.2) is 36.4 Å². The zero-order valence-electron chi connectivity index (χ0n) is 12.5. The third-order valence-electron chi connectivity index (χ3n) is 5.47. The molecule has 1 unspecified atom stereocenters. The zero-order chi connectivity index (χ0) is 14.2. The summed E-state index contributed by atoms with van der Waals surface area (Å²) in [5, 5.41) is 0. The fourth-order valence-corrected chi connectivity index (χ4v) is 4.23. The van der Waals surface area contributed by atoms with Gasteiger partial charge in [0.05, 0.1) is 0 Å². The molecule has 5 rings (SSSR count). The van der Waals surface area contributed by atoms with Crippen LogP contribution < -0.4 is 4.74 Å². The van der Waals surface area contributed by atoms with Gasteiger partial charge in [0.15, 0.2) is 5.78 Å². The summed E-state index contributed by atoms with van der Waals surface area (Å²) in [5.74, 6) is 2.14. The van der Waals surface area contributed by atoms with Gasteiger partial charge >= 0.3 is 0 Å². The topological polar surface area (TPSA) is 29.5 Å². The number of hydrogen-bond acceptors (Lipinski definition) is 3. The number of benzene rings is 1. The minimum Gasteiger partial charge on any atom is -0.492 e. The first-order chi connectivity index (χ1) is 10.3. The molecule has 0 spiro atoms. The first-order valence-corrected chi connectivity index (χ1v) is 8.33. The van der Waals surface area contributed by atoms with Crippen molar-refractivity contribution in [3.63, 3.8) is 0 Å². The number of piperidine rings is 3. The molecular weight excluding hydrogens is 262 g/mol. The Kier molecular flexibility index (Phi) is 3.46. The van der Waals surface area contributed by atoms with Gasteiger partial charge in [-0.05, 0) is 57.2 Å². The molecule has 4 aliphatic rings. The molecule has 0 saturated carbocycles. The molecule has 1 atom stereocenters. The van der Waals surface area contributed by atoms with Gasteiger partial charge in [-0.3, -0.25) is 9.69 Å². The Hall–Kier alpha value is -1.35. The molecular formula is C18H23NO2. The van der Waals surface area contributed by atoms with Crippen molar-refractivity contribution in [2.75, 3.05) is 19.7 Å². The van der Waals surface area contributed by atoms with Gasteiger partial charge in [0, 0.05) is 23.6 Å². The molecule has 1 aliphatic carbocycles. The molecule has 0 amide bonds. The van der Waals surface area contributed by atoms with E-state index in [1.807, 2.05) is 18.2 Å². The highest BCUT2D eigenvalue weighted by molar-refractivity contribution is 5.99. The van der Waals surface area contributed by atoms with E-state index in [0.29, 0.717) is 12.5 Å². The number of ether oxygens (including phenoxy) is 1. The quantitative estimate of drug-likeness (QED) is 0.855. The number of nitrogens with zero attached hydrogens (tertiary/aromatic N) is 1. The first-order valence-electron chi connectivity index (χ1n) is 8.33. The van der Waals surface area contributed by atoms with E-state index in [4.69, 9.17) is 4.74 Å². The third kappa shape index (κ3) is 2.48. The van der Waals surface area contributed by atoms with E-state index in [1.54, 1.807) is 0 Å². The lowest BCUT2D eigenvalue weighted by atomic mass is 9.83. The van der Waals surface area contributed by atoms with Gasteiger partial charge in [0.1, 0.15) is 12.4 Å². The normalized spacial score (nSPS) is 31.0. The molecule has 1 aromatic rings. The number of rotatable bonds is 3. The SMILES string of the molecule is O=C1CCCc2c(OCC3CC4CCN3CC4)cccc21. The van der Waals surface area contributed by atoms with Crippen molar-refractivity contribution in [1.82, 2.24) is 4.90 Å². The van der Waals surface area contributed by atoms with Crippen molar-refractivity contribution < 1.29 is 9.53 Å². The van der Waals surface area contributed by atoms with Gasteiger partial charge in [-0.15, -0.1) is 0 Å². The van der Waals surface area contributed by atoms with E-state index in [0.717, 1.165) is 42.2 Å². The molecule has 0 radical (unpaired) electrons. The maximum atomic E-state index is 12.0. The van der Waals surface area contributed by atoms with Gasteiger partial charge in [0.25, 0.3) is 0 Å². The smallest absolute Gasteiger partial charge is 0.163 e. The van der Waals surface area contributed by atoms with Gasteiger partial charge < -0.3 is 4.74 Å². The van der Waals surface area contributed by atoms with Gasteiger partial charge in [-0.1, -0.05) is 12.1 Å². The van der Waals surface area contributed by atoms with Crippen LogP contribution in [-0.2, 0) is 6.42 Å². The lowest BCUT2D eigenvalue weighted by Crippen LogP contribution is -2.51. The third-order valence-corrected chi connectivity index (χ3v) is 5.47. The molecule has 3 heterocycles. The molecule has 0 N–H and O–H groups in total. The molecule has 2 bridgehead atoms. The maximum Gasteiger partial charge on any atom is 0.163 e. The van der Waals surface area contributed by atoms with Crippen LogP contribution in [0.4, 0.5) is 0 Å². The number of fused-ring (bicyclic) bond motifs is 4. The molecule has 1 aromatic carbocycles. The summed E-state index contributed by atoms with van der Waals surface area (Å²) in [5.41, 5.74) is 2.04. The summed E-state index contributed by atoms with van der Waals surface area (Å²) in [6.45, 7) is 3.26. The predicted octanol–water partition coefficient (Wildman–Crippen LogP) is 3.07. The van der Waals surface area contributed by atoms with Crippen molar-refractivity contribution >= 4 is 5.78 Å². The van der Waals surface area contributed by atoms with Crippen LogP contribution in [0.1, 0.15) is 48.0 Å². The second kappa shape index (κ2) is 5.45. The van der Waals surface area contributed by atoms with Crippen LogP contribution in [0.15, 0.2) is 18.2 Å². The van der Waals surface area contributed by atoms with Crippen LogP contribution in [0.5, 0.6) is 5.75 Å². The van der Waals surface area contributed by atoms with Crippen LogP contribution in [0.2, 0.25) is 0 Å². The van der Waals surface area contributed by atoms with Gasteiger partial charge in [-0.25, -0.2) is 0 Å². The van der Waals surface area contributed by atoms with Crippen molar-refractivity contribution in [2.45, 2.75) is 44.6 Å². The van der Waals surface area contributed by atoms with Crippen LogP contribution in [0, 0.1) is 5.92 Å². The molecule has 0 aromatic heterocycles. The fourth-order valence-electron chi connectivity index (χ4n) is 4.23. The first kappa shape index (κ1) is 13.3. The maximum absolute atomic E-state index is 12.0. The van der Waals surface area contributed by atoms with E-state index >= 15 is 0 Å². The molecule has 112 valence electrons. The number of hydrogen-bond donors (Lipinski definition) is 0. The molecule has 3 fully saturated rings. The summed E-state index contributed by atoms with van der Waals surface area (Å²) >= 11 is 0. The number of carbonyl (C=O) groups is 1. The second-order valence-electron chi connectivity index (χ2n) is 6.74. The zero-order valence-corrected chi connectivity index (χ0v) is 12.5. The minimum absolute atomic E-state index is 0.280. The Bertz CT molecular complexity index is 546. The Morgan fingerprint density at radius 2 is 2.05 bits per heavy atom. The molecule has 21 heavy (non-hydrogen) atoms. The summed E-state index contributed by atoms with van der Waals surface area (Å²) in [6, 6.07) is 6.53. The van der Waals surface area contributed by atoms with Crippen LogP contribution in [0.25, 0.3) is 0 Å². The summed E-state index contributed by atoms with van der Waals surface area (Å²) in [4.78, 5) is 14.6. The largest absolute Gasteiger partial charge is 0.492 e. The van der Waals surface area contributed by atoms with E-state index in [-0.39, 0.29) is 5.78 Å². The highest BCUT2D eigenvalue weighted by atomic mass is 16.5. The van der Waals surface area contributed by atoms with Crippen LogP contribution in [0.3, 0.4) is 0 Å². The molecule has 3 saturated heterocycles. The fraction of sp³-hybridized carbons (Fsp3) is 0.611. The Labute approximate surface area is 126 Å². The summed E-state index contributed by atoms with van der Waals surface area (Å²) in [6.07, 6.45) is 6.65. The van der Waals surface area contributed by atoms with Crippen molar-refractivity contribution in [2.24, 2.45) is 5.92 Å². The Morgan fingerprint density at radius 1 is 1.19 bits per heavy atom. The summed E-state index contributed by atoms with van der Waals surface area (Å²) in [7, 11) is 0. The van der Waals surface area contributed by atoms with E-state index < -0.39 is 0 Å². The average Bonchev–Trinajstić information content (AvgIpc) is 2.54. The Morgan fingerprint density at radius 3 is 2.81 bits per heavy atom. The van der Waals surface area contributed by atoms with Crippen molar-refractivity contribution in [3.8, 4) is 5.75 Å². The minimum atomic E-state index is 0.280. The Balaban J connectivity index is 1.48. The number of Topliss-reactive ketones (excluding diaryl/α,β-unsaturated/α-hetero) is 1. The van der Waals surface area contributed by atoms with Crippen molar-refractivity contribution in [3.05, 3.63) is 29.3 Å². The van der Waals surface area contributed by atoms with Crippen LogP contribution >= 0.6 is 0 Å². The molecule has 3 heteroatoms. The van der Waals surface area contributed by atoms with E-state index in [1.165, 1.54) is 32.4 Å². The van der Waals surface area contributed by atoms with Gasteiger partial charge in [-0.2, -0.15) is 0 Å². The lowest BCUT2D eigenvalue weighted by molar-refractivity contribution is 0.0236.